The van der Waals surface area contributed by atoms with E-state index in [0.717, 1.165) is 45.2 Å². The Hall–Kier alpha value is -4.50. The standard InChI is InChI=1S/C31H29F2N7/c1-4-40(18-31(2,3)33)17-19-10-22(14-34-13-19)20-8-9-26-24(12-20)29(39-38-26)30-36-27-16-35-15-25(28(27)37-30)21-6-5-7-23(32)11-21/h5-16H,4,17-18H2,1-3H3,(H,36,37)(H,38,39). The highest BCUT2D eigenvalue weighted by molar-refractivity contribution is 5.98. The Morgan fingerprint density at radius 3 is 2.55 bits per heavy atom. The molecule has 2 N–H and O–H groups in total. The van der Waals surface area contributed by atoms with Crippen molar-refractivity contribution in [3.05, 3.63) is 84.7 Å². The summed E-state index contributed by atoms with van der Waals surface area (Å²) in [6.07, 6.45) is 7.06. The van der Waals surface area contributed by atoms with E-state index >= 15 is 0 Å². The van der Waals surface area contributed by atoms with Crippen molar-refractivity contribution >= 4 is 21.9 Å². The first-order chi connectivity index (χ1) is 19.3. The number of imidazole rings is 1. The van der Waals surface area contributed by atoms with E-state index < -0.39 is 5.67 Å². The molecule has 0 fully saturated rings. The van der Waals surface area contributed by atoms with Gasteiger partial charge in [0.15, 0.2) is 5.82 Å². The summed E-state index contributed by atoms with van der Waals surface area (Å²) in [6.45, 7) is 6.95. The molecule has 0 bridgehead atoms. The Morgan fingerprint density at radius 2 is 1.75 bits per heavy atom. The molecule has 0 aliphatic carbocycles. The molecule has 202 valence electrons. The van der Waals surface area contributed by atoms with Crippen LogP contribution in [-0.2, 0) is 6.54 Å². The molecule has 0 spiro atoms. The van der Waals surface area contributed by atoms with Gasteiger partial charge < -0.3 is 4.98 Å². The van der Waals surface area contributed by atoms with E-state index in [1.807, 2.05) is 37.5 Å². The van der Waals surface area contributed by atoms with E-state index in [1.54, 1.807) is 32.3 Å². The van der Waals surface area contributed by atoms with Gasteiger partial charge in [-0.25, -0.2) is 13.8 Å². The quantitative estimate of drug-likeness (QED) is 0.220. The highest BCUT2D eigenvalue weighted by Gasteiger charge is 2.20. The van der Waals surface area contributed by atoms with Gasteiger partial charge >= 0.3 is 0 Å². The van der Waals surface area contributed by atoms with E-state index in [-0.39, 0.29) is 5.82 Å². The largest absolute Gasteiger partial charge is 0.335 e. The molecule has 4 aromatic heterocycles. The molecule has 2 aromatic carbocycles. The maximum Gasteiger partial charge on any atom is 0.159 e. The fourth-order valence-electron chi connectivity index (χ4n) is 5.09. The second-order valence-electron chi connectivity index (χ2n) is 10.6. The van der Waals surface area contributed by atoms with Crippen molar-refractivity contribution in [2.45, 2.75) is 33.0 Å². The number of halogens is 2. The Labute approximate surface area is 230 Å². The van der Waals surface area contributed by atoms with Gasteiger partial charge in [-0.1, -0.05) is 25.1 Å². The number of nitrogens with one attached hydrogen (secondary N) is 2. The average Bonchev–Trinajstić information content (AvgIpc) is 3.55. The van der Waals surface area contributed by atoms with Crippen LogP contribution in [0.1, 0.15) is 26.3 Å². The third-order valence-corrected chi connectivity index (χ3v) is 6.90. The van der Waals surface area contributed by atoms with E-state index in [0.29, 0.717) is 35.7 Å². The molecule has 0 aliphatic rings. The van der Waals surface area contributed by atoms with Gasteiger partial charge in [0.05, 0.1) is 22.7 Å². The molecular formula is C31H29F2N7. The second-order valence-corrected chi connectivity index (χ2v) is 10.6. The zero-order valence-corrected chi connectivity index (χ0v) is 22.5. The fraction of sp³-hybridized carbons (Fsp3) is 0.226. The van der Waals surface area contributed by atoms with Gasteiger partial charge in [0.1, 0.15) is 17.2 Å². The van der Waals surface area contributed by atoms with Crippen LogP contribution in [-0.4, -0.2) is 53.8 Å². The first kappa shape index (κ1) is 25.8. The zero-order valence-electron chi connectivity index (χ0n) is 22.5. The van der Waals surface area contributed by atoms with Crippen molar-refractivity contribution in [3.63, 3.8) is 0 Å². The average molecular weight is 538 g/mol. The summed E-state index contributed by atoms with van der Waals surface area (Å²) < 4.78 is 28.2. The van der Waals surface area contributed by atoms with E-state index in [9.17, 15) is 8.78 Å². The Bertz CT molecular complexity index is 1820. The number of fused-ring (bicyclic) bond motifs is 2. The number of benzene rings is 2. The fourth-order valence-corrected chi connectivity index (χ4v) is 5.09. The van der Waals surface area contributed by atoms with E-state index in [4.69, 9.17) is 4.98 Å². The molecule has 0 unspecified atom stereocenters. The lowest BCUT2D eigenvalue weighted by molar-refractivity contribution is 0.125. The van der Waals surface area contributed by atoms with Crippen molar-refractivity contribution in [2.75, 3.05) is 13.1 Å². The SMILES string of the molecule is CCN(Cc1cncc(-c2ccc3[nH]nc(-c4nc5c(-c6cccc(F)c6)cncc5[nH]4)c3c2)c1)CC(C)(C)F. The number of pyridine rings is 2. The summed E-state index contributed by atoms with van der Waals surface area (Å²) in [6, 6.07) is 14.6. The van der Waals surface area contributed by atoms with Gasteiger partial charge in [0.2, 0.25) is 0 Å². The summed E-state index contributed by atoms with van der Waals surface area (Å²) in [5.41, 5.74) is 6.10. The number of nitrogens with zero attached hydrogens (tertiary/aromatic N) is 5. The first-order valence-electron chi connectivity index (χ1n) is 13.2. The number of hydrogen-bond acceptors (Lipinski definition) is 5. The van der Waals surface area contributed by atoms with Crippen LogP contribution in [0.3, 0.4) is 0 Å². The molecule has 0 saturated heterocycles. The second kappa shape index (κ2) is 10.2. The van der Waals surface area contributed by atoms with Gasteiger partial charge in [-0.2, -0.15) is 5.10 Å². The molecule has 4 heterocycles. The van der Waals surface area contributed by atoms with Crippen LogP contribution in [0.4, 0.5) is 8.78 Å². The minimum atomic E-state index is -1.27. The summed E-state index contributed by atoms with van der Waals surface area (Å²) in [7, 11) is 0. The van der Waals surface area contributed by atoms with Crippen LogP contribution in [0, 0.1) is 5.82 Å². The molecule has 6 rings (SSSR count). The number of rotatable bonds is 8. The Balaban J connectivity index is 1.36. The van der Waals surface area contributed by atoms with E-state index in [1.165, 1.54) is 12.1 Å². The number of alkyl halides is 1. The van der Waals surface area contributed by atoms with Crippen molar-refractivity contribution in [2.24, 2.45) is 0 Å². The van der Waals surface area contributed by atoms with Gasteiger partial charge in [0, 0.05) is 48.2 Å². The van der Waals surface area contributed by atoms with Crippen molar-refractivity contribution in [1.29, 1.82) is 0 Å². The first-order valence-corrected chi connectivity index (χ1v) is 13.2. The molecule has 0 saturated carbocycles. The van der Waals surface area contributed by atoms with Crippen LogP contribution < -0.4 is 0 Å². The Morgan fingerprint density at radius 1 is 0.900 bits per heavy atom. The predicted octanol–water partition coefficient (Wildman–Crippen LogP) is 6.94. The van der Waals surface area contributed by atoms with Gasteiger partial charge in [-0.15, -0.1) is 0 Å². The van der Waals surface area contributed by atoms with Gasteiger partial charge in [-0.3, -0.25) is 20.0 Å². The highest BCUT2D eigenvalue weighted by Crippen LogP contribution is 2.33. The minimum Gasteiger partial charge on any atom is -0.335 e. The van der Waals surface area contributed by atoms with Crippen molar-refractivity contribution in [1.82, 2.24) is 35.0 Å². The minimum absolute atomic E-state index is 0.316. The smallest absolute Gasteiger partial charge is 0.159 e. The molecule has 0 aliphatic heterocycles. The van der Waals surface area contributed by atoms with Crippen molar-refractivity contribution < 1.29 is 8.78 Å². The summed E-state index contributed by atoms with van der Waals surface area (Å²) in [5.74, 6) is 0.270. The lowest BCUT2D eigenvalue weighted by atomic mass is 10.0. The number of hydrogen-bond donors (Lipinski definition) is 2. The van der Waals surface area contributed by atoms with Crippen LogP contribution in [0.25, 0.3) is 55.7 Å². The normalized spacial score (nSPS) is 12.2. The Kier molecular flexibility index (Phi) is 6.59. The van der Waals surface area contributed by atoms with Gasteiger partial charge in [0.25, 0.3) is 0 Å². The molecule has 0 atom stereocenters. The van der Waals surface area contributed by atoms with Crippen LogP contribution in [0.5, 0.6) is 0 Å². The number of aromatic nitrogens is 6. The summed E-state index contributed by atoms with van der Waals surface area (Å²) >= 11 is 0. The predicted molar refractivity (Wildman–Crippen MR) is 154 cm³/mol. The maximum absolute atomic E-state index is 14.3. The number of aromatic amines is 2. The molecule has 7 nitrogen and oxygen atoms in total. The third kappa shape index (κ3) is 5.20. The monoisotopic (exact) mass is 537 g/mol. The van der Waals surface area contributed by atoms with E-state index in [2.05, 4.69) is 42.2 Å². The highest BCUT2D eigenvalue weighted by atomic mass is 19.1. The molecule has 0 radical (unpaired) electrons. The topological polar surface area (TPSA) is 86.4 Å². The van der Waals surface area contributed by atoms with Crippen molar-refractivity contribution in [3.8, 4) is 33.8 Å². The third-order valence-electron chi connectivity index (χ3n) is 6.90. The lowest BCUT2D eigenvalue weighted by Gasteiger charge is -2.26. The molecule has 6 aromatic rings. The van der Waals surface area contributed by atoms with Crippen LogP contribution in [0.15, 0.2) is 73.3 Å². The zero-order chi connectivity index (χ0) is 27.9. The number of H-pyrrole nitrogens is 2. The molecule has 40 heavy (non-hydrogen) atoms. The maximum atomic E-state index is 14.3. The van der Waals surface area contributed by atoms with Crippen LogP contribution in [0.2, 0.25) is 0 Å². The van der Waals surface area contributed by atoms with Crippen LogP contribution >= 0.6 is 0 Å². The summed E-state index contributed by atoms with van der Waals surface area (Å²) in [4.78, 5) is 19.1. The molecular weight excluding hydrogens is 508 g/mol. The molecule has 0 amide bonds. The summed E-state index contributed by atoms with van der Waals surface area (Å²) in [5, 5.41) is 8.55. The molecule has 9 heteroatoms. The lowest BCUT2D eigenvalue weighted by Crippen LogP contribution is -2.35. The van der Waals surface area contributed by atoms with Gasteiger partial charge in [-0.05, 0) is 67.4 Å².